The molecule has 0 radical (unpaired) electrons. The van der Waals surface area contributed by atoms with Crippen LogP contribution in [0.1, 0.15) is 23.0 Å². The lowest BCUT2D eigenvalue weighted by Crippen LogP contribution is -2.21. The number of nitrogens with one attached hydrogen (secondary N) is 1. The van der Waals surface area contributed by atoms with E-state index in [1.165, 1.54) is 11.8 Å². The molecule has 162 valence electrons. The van der Waals surface area contributed by atoms with E-state index in [0.717, 1.165) is 0 Å². The summed E-state index contributed by atoms with van der Waals surface area (Å²) in [4.78, 5) is 13.0. The second kappa shape index (κ2) is 8.86. The van der Waals surface area contributed by atoms with Gasteiger partial charge in [0.15, 0.2) is 5.69 Å². The molecule has 0 atom stereocenters. The molecule has 32 heavy (non-hydrogen) atoms. The molecule has 0 spiro atoms. The van der Waals surface area contributed by atoms with E-state index in [0.29, 0.717) is 33.3 Å². The summed E-state index contributed by atoms with van der Waals surface area (Å²) >= 11 is 6.20. The summed E-state index contributed by atoms with van der Waals surface area (Å²) in [5.74, 6) is 0.0413. The Hall–Kier alpha value is -4.25. The highest BCUT2D eigenvalue weighted by molar-refractivity contribution is 6.34. The van der Waals surface area contributed by atoms with Gasteiger partial charge in [0.2, 0.25) is 11.6 Å². The molecule has 2 aromatic heterocycles. The fourth-order valence-electron chi connectivity index (χ4n) is 2.95. The quantitative estimate of drug-likeness (QED) is 0.335. The van der Waals surface area contributed by atoms with Crippen LogP contribution < -0.4 is 15.9 Å². The number of ether oxygens (including phenoxy) is 1. The van der Waals surface area contributed by atoms with Gasteiger partial charge >= 0.3 is 0 Å². The Morgan fingerprint density at radius 2 is 2.03 bits per heavy atom. The normalized spacial score (nSPS) is 11.4. The van der Waals surface area contributed by atoms with Crippen LogP contribution in [-0.4, -0.2) is 44.0 Å². The number of nitrogens with zero attached hydrogens (tertiary/aromatic N) is 6. The predicted molar refractivity (Wildman–Crippen MR) is 117 cm³/mol. The van der Waals surface area contributed by atoms with Crippen molar-refractivity contribution in [2.45, 2.75) is 6.92 Å². The number of rotatable bonds is 6. The van der Waals surface area contributed by atoms with Gasteiger partial charge in [-0.3, -0.25) is 4.79 Å². The molecule has 12 heteroatoms. The number of benzene rings is 2. The van der Waals surface area contributed by atoms with Gasteiger partial charge in [-0.15, -0.1) is 5.10 Å². The Balaban J connectivity index is 1.75. The zero-order valence-corrected chi connectivity index (χ0v) is 17.7. The Morgan fingerprint density at radius 3 is 2.75 bits per heavy atom. The van der Waals surface area contributed by atoms with Crippen LogP contribution in [0.5, 0.6) is 5.75 Å². The lowest BCUT2D eigenvalue weighted by atomic mass is 10.1. The Bertz CT molecular complexity index is 1310. The van der Waals surface area contributed by atoms with E-state index in [4.69, 9.17) is 22.1 Å². The summed E-state index contributed by atoms with van der Waals surface area (Å²) in [6, 6.07) is 14.2. The minimum atomic E-state index is -0.601. The number of halogens is 1. The molecule has 0 fully saturated rings. The lowest BCUT2D eigenvalue weighted by Gasteiger charge is -2.08. The van der Waals surface area contributed by atoms with Gasteiger partial charge in [0.1, 0.15) is 11.4 Å². The summed E-state index contributed by atoms with van der Waals surface area (Å²) < 4.78 is 11.2. The van der Waals surface area contributed by atoms with Crippen molar-refractivity contribution >= 4 is 29.0 Å². The van der Waals surface area contributed by atoms with Crippen molar-refractivity contribution in [3.63, 3.8) is 0 Å². The van der Waals surface area contributed by atoms with Crippen molar-refractivity contribution < 1.29 is 14.2 Å². The molecule has 0 aliphatic rings. The van der Waals surface area contributed by atoms with Crippen LogP contribution in [0, 0.1) is 0 Å². The summed E-state index contributed by atoms with van der Waals surface area (Å²) in [7, 11) is 1.54. The molecular weight excluding hydrogens is 436 g/mol. The van der Waals surface area contributed by atoms with E-state index >= 15 is 0 Å². The van der Waals surface area contributed by atoms with E-state index in [1.807, 2.05) is 6.07 Å². The molecule has 0 aliphatic heterocycles. The van der Waals surface area contributed by atoms with Crippen LogP contribution in [-0.2, 0) is 0 Å². The van der Waals surface area contributed by atoms with E-state index in [-0.39, 0.29) is 17.3 Å². The third-order valence-electron chi connectivity index (χ3n) is 4.51. The summed E-state index contributed by atoms with van der Waals surface area (Å²) in [6.45, 7) is 1.73. The Morgan fingerprint density at radius 1 is 1.22 bits per heavy atom. The zero-order valence-electron chi connectivity index (χ0n) is 17.0. The molecule has 0 saturated heterocycles. The number of nitrogens with two attached hydrogens (primary N) is 1. The number of hydrogen-bond donors (Lipinski definition) is 2. The molecule has 4 rings (SSSR count). The molecule has 3 N–H and O–H groups in total. The maximum Gasteiger partial charge on any atom is 0.294 e. The van der Waals surface area contributed by atoms with Gasteiger partial charge in [0.25, 0.3) is 5.91 Å². The molecule has 0 unspecified atom stereocenters. The van der Waals surface area contributed by atoms with E-state index in [2.05, 4.69) is 35.8 Å². The van der Waals surface area contributed by atoms with Gasteiger partial charge in [-0.05, 0) is 35.4 Å². The van der Waals surface area contributed by atoms with Crippen LogP contribution in [0.4, 0.5) is 5.82 Å². The Kier molecular flexibility index (Phi) is 5.81. The number of methoxy groups -OCH3 is 1. The number of carbonyl (C=O) groups excluding carboxylic acids is 1. The summed E-state index contributed by atoms with van der Waals surface area (Å²) in [6.07, 6.45) is 0. The number of anilines is 1. The highest BCUT2D eigenvalue weighted by atomic mass is 35.5. The minimum absolute atomic E-state index is 0.0152. The van der Waals surface area contributed by atoms with Crippen molar-refractivity contribution in [2.75, 3.05) is 12.8 Å². The first-order valence-corrected chi connectivity index (χ1v) is 9.65. The van der Waals surface area contributed by atoms with Gasteiger partial charge < -0.3 is 10.5 Å². The first-order chi connectivity index (χ1) is 15.5. The lowest BCUT2D eigenvalue weighted by molar-refractivity contribution is 0.0950. The predicted octanol–water partition coefficient (Wildman–Crippen LogP) is 2.72. The number of carbonyl (C=O) groups is 1. The maximum atomic E-state index is 13.0. The van der Waals surface area contributed by atoms with Crippen molar-refractivity contribution in [3.8, 4) is 22.8 Å². The molecule has 0 saturated carbocycles. The second-order valence-corrected chi connectivity index (χ2v) is 6.93. The molecule has 4 aromatic rings. The van der Waals surface area contributed by atoms with Crippen LogP contribution >= 0.6 is 11.6 Å². The van der Waals surface area contributed by atoms with E-state index in [9.17, 15) is 4.79 Å². The fourth-order valence-corrected chi connectivity index (χ4v) is 3.23. The highest BCUT2D eigenvalue weighted by Gasteiger charge is 2.25. The third-order valence-corrected chi connectivity index (χ3v) is 4.84. The largest absolute Gasteiger partial charge is 0.497 e. The molecule has 2 aromatic carbocycles. The van der Waals surface area contributed by atoms with Crippen LogP contribution in [0.3, 0.4) is 0 Å². The van der Waals surface area contributed by atoms with Gasteiger partial charge in [-0.1, -0.05) is 47.1 Å². The van der Waals surface area contributed by atoms with Gasteiger partial charge in [0, 0.05) is 16.1 Å². The first kappa shape index (κ1) is 21.0. The second-order valence-electron chi connectivity index (χ2n) is 6.52. The molecule has 0 bridgehead atoms. The maximum absolute atomic E-state index is 13.0. The number of amides is 1. The minimum Gasteiger partial charge on any atom is -0.497 e. The van der Waals surface area contributed by atoms with Crippen LogP contribution in [0.2, 0.25) is 5.02 Å². The van der Waals surface area contributed by atoms with Crippen molar-refractivity contribution in [1.29, 1.82) is 0 Å². The summed E-state index contributed by atoms with van der Waals surface area (Å²) in [5, 5.41) is 20.0. The van der Waals surface area contributed by atoms with Crippen LogP contribution in [0.15, 0.2) is 58.3 Å². The van der Waals surface area contributed by atoms with Crippen molar-refractivity contribution in [2.24, 2.45) is 5.10 Å². The van der Waals surface area contributed by atoms with Crippen LogP contribution in [0.25, 0.3) is 17.1 Å². The SMILES string of the molecule is COc1cccc(-c2c(C(=O)N/N=C(/C)c3ccccc3Cl)nnn2-c2nonc2N)c1. The number of aromatic nitrogens is 5. The number of nitrogen functional groups attached to an aromatic ring is 1. The standard InChI is InChI=1S/C20H17ClN8O3/c1-11(14-8-3-4-9-15(14)21)23-25-20(30)16-17(12-6-5-7-13(10-12)31-2)29(28-24-16)19-18(22)26-32-27-19/h3-10H,1-2H3,(H2,22,26)(H,25,30)/b23-11-. The smallest absolute Gasteiger partial charge is 0.294 e. The van der Waals surface area contributed by atoms with E-state index < -0.39 is 5.91 Å². The summed E-state index contributed by atoms with van der Waals surface area (Å²) in [5.41, 5.74) is 10.4. The molecule has 0 aliphatic carbocycles. The number of hydrazone groups is 1. The third kappa shape index (κ3) is 4.01. The monoisotopic (exact) mass is 452 g/mol. The van der Waals surface area contributed by atoms with Gasteiger partial charge in [-0.25, -0.2) is 10.1 Å². The zero-order chi connectivity index (χ0) is 22.7. The van der Waals surface area contributed by atoms with Gasteiger partial charge in [-0.2, -0.15) is 9.78 Å². The Labute approximate surface area is 186 Å². The molecular formula is C20H17ClN8O3. The fraction of sp³-hybridized carbons (Fsp3) is 0.100. The molecule has 1 amide bonds. The van der Waals surface area contributed by atoms with E-state index in [1.54, 1.807) is 49.4 Å². The topological polar surface area (TPSA) is 146 Å². The van der Waals surface area contributed by atoms with Crippen molar-refractivity contribution in [3.05, 3.63) is 64.8 Å². The number of hydrogen-bond acceptors (Lipinski definition) is 9. The average molecular weight is 453 g/mol. The molecule has 2 heterocycles. The average Bonchev–Trinajstić information content (AvgIpc) is 3.43. The highest BCUT2D eigenvalue weighted by Crippen LogP contribution is 2.29. The molecule has 11 nitrogen and oxygen atoms in total. The van der Waals surface area contributed by atoms with Gasteiger partial charge in [0.05, 0.1) is 12.8 Å². The van der Waals surface area contributed by atoms with Crippen molar-refractivity contribution in [1.82, 2.24) is 30.7 Å². The first-order valence-electron chi connectivity index (χ1n) is 9.27.